The van der Waals surface area contributed by atoms with E-state index in [0.29, 0.717) is 28.0 Å². The number of carbonyl (C=O) groups is 2. The van der Waals surface area contributed by atoms with Crippen molar-refractivity contribution < 1.29 is 14.3 Å². The summed E-state index contributed by atoms with van der Waals surface area (Å²) in [5.74, 6) is 0.378. The Morgan fingerprint density at radius 1 is 0.773 bits per heavy atom. The van der Waals surface area contributed by atoms with Crippen LogP contribution in [0.3, 0.4) is 0 Å². The molecular formula is C19H18O3. The first kappa shape index (κ1) is 14.5. The van der Waals surface area contributed by atoms with Crippen molar-refractivity contribution in [1.82, 2.24) is 0 Å². The molecule has 0 N–H and O–H groups in total. The Labute approximate surface area is 129 Å². The van der Waals surface area contributed by atoms with Gasteiger partial charge in [0.25, 0.3) is 0 Å². The van der Waals surface area contributed by atoms with Gasteiger partial charge in [-0.1, -0.05) is 17.7 Å². The van der Waals surface area contributed by atoms with Crippen LogP contribution in [0.1, 0.15) is 58.2 Å². The largest absolute Gasteiger partial charge is 0.488 e. The van der Waals surface area contributed by atoms with Crippen molar-refractivity contribution in [2.45, 2.75) is 33.3 Å². The Morgan fingerprint density at radius 2 is 1.32 bits per heavy atom. The Bertz CT molecular complexity index is 795. The predicted molar refractivity (Wildman–Crippen MR) is 84.9 cm³/mol. The standard InChI is InChI=1S/C19H18O3/c1-11-5-7-13-15(9-11)18(21)16-10-12(22-19(2,3)4)6-8-14(16)17(13)20/h5-10H,1-4H3. The first-order valence-corrected chi connectivity index (χ1v) is 7.29. The summed E-state index contributed by atoms with van der Waals surface area (Å²) in [6, 6.07) is 10.5. The van der Waals surface area contributed by atoms with E-state index in [1.165, 1.54) is 0 Å². The van der Waals surface area contributed by atoms with Crippen molar-refractivity contribution in [3.05, 3.63) is 64.2 Å². The van der Waals surface area contributed by atoms with Gasteiger partial charge in [0.05, 0.1) is 0 Å². The zero-order valence-electron chi connectivity index (χ0n) is 13.2. The van der Waals surface area contributed by atoms with Crippen LogP contribution in [0.2, 0.25) is 0 Å². The number of ether oxygens (including phenoxy) is 1. The van der Waals surface area contributed by atoms with Crippen molar-refractivity contribution in [3.8, 4) is 5.75 Å². The van der Waals surface area contributed by atoms with Crippen LogP contribution in [0.5, 0.6) is 5.75 Å². The fraction of sp³-hybridized carbons (Fsp3) is 0.263. The van der Waals surface area contributed by atoms with E-state index < -0.39 is 0 Å². The SMILES string of the molecule is Cc1ccc2c(c1)C(=O)c1cc(OC(C)(C)C)ccc1C2=O. The van der Waals surface area contributed by atoms with Gasteiger partial charge < -0.3 is 4.74 Å². The zero-order valence-corrected chi connectivity index (χ0v) is 13.2. The molecule has 0 bridgehead atoms. The summed E-state index contributed by atoms with van der Waals surface area (Å²) < 4.78 is 5.80. The van der Waals surface area contributed by atoms with Gasteiger partial charge in [-0.15, -0.1) is 0 Å². The molecule has 0 saturated heterocycles. The number of ketones is 2. The van der Waals surface area contributed by atoms with E-state index in [-0.39, 0.29) is 17.2 Å². The molecule has 112 valence electrons. The van der Waals surface area contributed by atoms with Crippen LogP contribution >= 0.6 is 0 Å². The van der Waals surface area contributed by atoms with Crippen LogP contribution in [0.15, 0.2) is 36.4 Å². The average Bonchev–Trinajstić information content (AvgIpc) is 2.43. The zero-order chi connectivity index (χ0) is 16.1. The maximum absolute atomic E-state index is 12.7. The highest BCUT2D eigenvalue weighted by atomic mass is 16.5. The molecule has 3 heteroatoms. The molecule has 2 aromatic rings. The molecule has 0 spiro atoms. The van der Waals surface area contributed by atoms with Crippen molar-refractivity contribution in [2.75, 3.05) is 0 Å². The molecule has 0 aliphatic heterocycles. The van der Waals surface area contributed by atoms with E-state index in [1.807, 2.05) is 33.8 Å². The lowest BCUT2D eigenvalue weighted by molar-refractivity contribution is 0.0976. The summed E-state index contributed by atoms with van der Waals surface area (Å²) in [6.07, 6.45) is 0. The topological polar surface area (TPSA) is 43.4 Å². The van der Waals surface area contributed by atoms with Crippen LogP contribution in [0, 0.1) is 6.92 Å². The Morgan fingerprint density at radius 3 is 1.95 bits per heavy atom. The van der Waals surface area contributed by atoms with Gasteiger partial charge in [-0.3, -0.25) is 9.59 Å². The molecule has 1 aliphatic carbocycles. The van der Waals surface area contributed by atoms with Gasteiger partial charge >= 0.3 is 0 Å². The molecule has 0 unspecified atom stereocenters. The fourth-order valence-electron chi connectivity index (χ4n) is 2.66. The second-order valence-corrected chi connectivity index (χ2v) is 6.63. The van der Waals surface area contributed by atoms with Crippen LogP contribution in [0.25, 0.3) is 0 Å². The van der Waals surface area contributed by atoms with Crippen LogP contribution in [0.4, 0.5) is 0 Å². The highest BCUT2D eigenvalue weighted by molar-refractivity contribution is 6.28. The Balaban J connectivity index is 2.12. The second kappa shape index (κ2) is 4.80. The lowest BCUT2D eigenvalue weighted by Crippen LogP contribution is -2.24. The molecule has 2 aromatic carbocycles. The molecule has 3 nitrogen and oxygen atoms in total. The van der Waals surface area contributed by atoms with E-state index in [2.05, 4.69) is 0 Å². The fourth-order valence-corrected chi connectivity index (χ4v) is 2.66. The molecule has 0 saturated carbocycles. The molecule has 0 atom stereocenters. The number of rotatable bonds is 1. The summed E-state index contributed by atoms with van der Waals surface area (Å²) in [6.45, 7) is 7.74. The van der Waals surface area contributed by atoms with Crippen LogP contribution in [-0.2, 0) is 0 Å². The van der Waals surface area contributed by atoms with E-state index in [0.717, 1.165) is 5.56 Å². The van der Waals surface area contributed by atoms with Crippen molar-refractivity contribution >= 4 is 11.6 Å². The lowest BCUT2D eigenvalue weighted by Gasteiger charge is -2.23. The van der Waals surface area contributed by atoms with Crippen molar-refractivity contribution in [2.24, 2.45) is 0 Å². The van der Waals surface area contributed by atoms with Gasteiger partial charge in [0.2, 0.25) is 0 Å². The molecule has 0 fully saturated rings. The first-order chi connectivity index (χ1) is 10.3. The van der Waals surface area contributed by atoms with Gasteiger partial charge in [-0.25, -0.2) is 0 Å². The Kier molecular flexibility index (Phi) is 3.17. The van der Waals surface area contributed by atoms with Gasteiger partial charge in [0.15, 0.2) is 11.6 Å². The molecule has 0 amide bonds. The molecular weight excluding hydrogens is 276 g/mol. The third-order valence-corrected chi connectivity index (χ3v) is 3.57. The average molecular weight is 294 g/mol. The molecule has 0 radical (unpaired) electrons. The highest BCUT2D eigenvalue weighted by Crippen LogP contribution is 2.31. The third kappa shape index (κ3) is 2.43. The predicted octanol–water partition coefficient (Wildman–Crippen LogP) is 3.95. The normalized spacial score (nSPS) is 13.6. The lowest BCUT2D eigenvalue weighted by atomic mass is 9.83. The van der Waals surface area contributed by atoms with Gasteiger partial charge in [0, 0.05) is 22.3 Å². The summed E-state index contributed by atoms with van der Waals surface area (Å²) >= 11 is 0. The summed E-state index contributed by atoms with van der Waals surface area (Å²) in [4.78, 5) is 25.3. The molecule has 0 aromatic heterocycles. The number of aryl methyl sites for hydroxylation is 1. The van der Waals surface area contributed by atoms with Crippen molar-refractivity contribution in [1.29, 1.82) is 0 Å². The number of benzene rings is 2. The van der Waals surface area contributed by atoms with Gasteiger partial charge in [0.1, 0.15) is 11.4 Å². The maximum Gasteiger partial charge on any atom is 0.194 e. The molecule has 0 heterocycles. The molecule has 3 rings (SSSR count). The quantitative estimate of drug-likeness (QED) is 0.682. The summed E-state index contributed by atoms with van der Waals surface area (Å²) in [7, 11) is 0. The highest BCUT2D eigenvalue weighted by Gasteiger charge is 2.30. The summed E-state index contributed by atoms with van der Waals surface area (Å²) in [5, 5.41) is 0. The first-order valence-electron chi connectivity index (χ1n) is 7.29. The maximum atomic E-state index is 12.7. The minimum absolute atomic E-state index is 0.105. The minimum atomic E-state index is -0.357. The smallest absolute Gasteiger partial charge is 0.194 e. The minimum Gasteiger partial charge on any atom is -0.488 e. The summed E-state index contributed by atoms with van der Waals surface area (Å²) in [5.41, 5.74) is 2.43. The number of hydrogen-bond acceptors (Lipinski definition) is 3. The monoisotopic (exact) mass is 294 g/mol. The second-order valence-electron chi connectivity index (χ2n) is 6.63. The molecule has 22 heavy (non-hydrogen) atoms. The number of hydrogen-bond donors (Lipinski definition) is 0. The van der Waals surface area contributed by atoms with E-state index >= 15 is 0 Å². The van der Waals surface area contributed by atoms with Crippen molar-refractivity contribution in [3.63, 3.8) is 0 Å². The Hall–Kier alpha value is -2.42. The van der Waals surface area contributed by atoms with E-state index in [4.69, 9.17) is 4.74 Å². The third-order valence-electron chi connectivity index (χ3n) is 3.57. The van der Waals surface area contributed by atoms with E-state index in [9.17, 15) is 9.59 Å². The number of carbonyl (C=O) groups excluding carboxylic acids is 2. The number of fused-ring (bicyclic) bond motifs is 2. The van der Waals surface area contributed by atoms with Crippen LogP contribution < -0.4 is 4.74 Å². The van der Waals surface area contributed by atoms with E-state index in [1.54, 1.807) is 30.3 Å². The molecule has 1 aliphatic rings. The van der Waals surface area contributed by atoms with Crippen LogP contribution in [-0.4, -0.2) is 17.2 Å². The van der Waals surface area contributed by atoms with Gasteiger partial charge in [-0.05, 0) is 52.0 Å². The van der Waals surface area contributed by atoms with Gasteiger partial charge in [-0.2, -0.15) is 0 Å².